The summed E-state index contributed by atoms with van der Waals surface area (Å²) >= 11 is 0. The molecule has 0 unspecified atom stereocenters. The Balaban J connectivity index is 1.39. The van der Waals surface area contributed by atoms with E-state index in [4.69, 9.17) is 14.2 Å². The van der Waals surface area contributed by atoms with Crippen molar-refractivity contribution in [3.8, 4) is 5.75 Å². The Morgan fingerprint density at radius 3 is 2.64 bits per heavy atom. The van der Waals surface area contributed by atoms with E-state index in [1.165, 1.54) is 0 Å². The number of nitrogens with zero attached hydrogens (tertiary/aromatic N) is 3. The van der Waals surface area contributed by atoms with E-state index in [0.717, 1.165) is 54.4 Å². The molecule has 6 rings (SSSR count). The lowest BCUT2D eigenvalue weighted by Crippen LogP contribution is -2.50. The van der Waals surface area contributed by atoms with E-state index < -0.39 is 18.1 Å². The SMILES string of the molecule is C[Si](C)(C)CCOCn1ncc2cc3c(cc21)OCC(=O)N1CC[C@H](NS(C)(=O)=O)[C@@H]1COC1CCC3CC1. The Bertz CT molecular complexity index is 1290. The molecule has 1 saturated carbocycles. The summed E-state index contributed by atoms with van der Waals surface area (Å²) in [6.07, 6.45) is 7.44. The number of carbonyl (C=O) groups is 1. The van der Waals surface area contributed by atoms with E-state index in [2.05, 4.69) is 35.5 Å². The standard InChI is InChI=1S/C27H42N4O6SSi/c1-38(33,34)29-23-9-10-30-25(23)16-36-21-7-5-19(6-8-21)22-13-20-15-28-31(18-35-11-12-39(2,3)4)24(20)14-26(22)37-17-27(30)32/h13-15,19,21,23,25,29H,5-12,16-18H2,1-4H3/t19?,21?,23-,25-/m0/s1. The maximum atomic E-state index is 13.4. The van der Waals surface area contributed by atoms with Crippen molar-refractivity contribution in [1.82, 2.24) is 19.4 Å². The zero-order chi connectivity index (χ0) is 27.8. The quantitative estimate of drug-likeness (QED) is 0.396. The van der Waals surface area contributed by atoms with E-state index in [9.17, 15) is 13.2 Å². The van der Waals surface area contributed by atoms with E-state index in [1.54, 1.807) is 4.90 Å². The van der Waals surface area contributed by atoms with Gasteiger partial charge in [-0.2, -0.15) is 5.10 Å². The van der Waals surface area contributed by atoms with Gasteiger partial charge in [-0.3, -0.25) is 4.79 Å². The van der Waals surface area contributed by atoms with Gasteiger partial charge < -0.3 is 19.1 Å². The summed E-state index contributed by atoms with van der Waals surface area (Å²) in [6, 6.07) is 4.54. The van der Waals surface area contributed by atoms with E-state index >= 15 is 0 Å². The van der Waals surface area contributed by atoms with Crippen LogP contribution < -0.4 is 9.46 Å². The number of benzene rings is 1. The molecule has 12 heteroatoms. The molecular formula is C27H42N4O6SSi. The fraction of sp³-hybridized carbons (Fsp3) is 0.704. The monoisotopic (exact) mass is 578 g/mol. The Kier molecular flexibility index (Phi) is 8.40. The average molecular weight is 579 g/mol. The molecule has 39 heavy (non-hydrogen) atoms. The Hall–Kier alpha value is -1.99. The summed E-state index contributed by atoms with van der Waals surface area (Å²) in [7, 11) is -4.59. The van der Waals surface area contributed by atoms with Gasteiger partial charge in [0.15, 0.2) is 6.61 Å². The minimum atomic E-state index is -3.41. The van der Waals surface area contributed by atoms with Gasteiger partial charge in [0, 0.05) is 38.7 Å². The highest BCUT2D eigenvalue weighted by molar-refractivity contribution is 7.88. The fourth-order valence-corrected chi connectivity index (χ4v) is 7.56. The normalized spacial score (nSPS) is 26.5. The third-order valence-corrected chi connectivity index (χ3v) is 10.6. The van der Waals surface area contributed by atoms with Crippen LogP contribution in [0.3, 0.4) is 0 Å². The van der Waals surface area contributed by atoms with E-state index in [-0.39, 0.29) is 30.7 Å². The molecule has 1 amide bonds. The molecule has 1 aromatic carbocycles. The van der Waals surface area contributed by atoms with Gasteiger partial charge in [-0.25, -0.2) is 17.8 Å². The van der Waals surface area contributed by atoms with Crippen LogP contribution in [0.4, 0.5) is 0 Å². The van der Waals surface area contributed by atoms with Crippen molar-refractivity contribution in [3.05, 3.63) is 23.9 Å². The minimum Gasteiger partial charge on any atom is -0.483 e. The van der Waals surface area contributed by atoms with Crippen LogP contribution in [0.2, 0.25) is 25.7 Å². The second kappa shape index (κ2) is 11.5. The van der Waals surface area contributed by atoms with Crippen LogP contribution in [0.25, 0.3) is 10.9 Å². The molecule has 3 aliphatic heterocycles. The number of carbonyl (C=O) groups excluding carboxylic acids is 1. The number of aromatic nitrogens is 2. The summed E-state index contributed by atoms with van der Waals surface area (Å²) in [6.45, 7) is 8.75. The first kappa shape index (κ1) is 28.5. The number of hydrogen-bond donors (Lipinski definition) is 1. The van der Waals surface area contributed by atoms with Gasteiger partial charge >= 0.3 is 0 Å². The number of ether oxygens (including phenoxy) is 3. The summed E-state index contributed by atoms with van der Waals surface area (Å²) in [5.74, 6) is 0.864. The lowest BCUT2D eigenvalue weighted by Gasteiger charge is -2.32. The molecule has 2 bridgehead atoms. The lowest BCUT2D eigenvalue weighted by atomic mass is 9.82. The number of amides is 1. The zero-order valence-electron chi connectivity index (χ0n) is 23.5. The van der Waals surface area contributed by atoms with Crippen molar-refractivity contribution >= 4 is 34.9 Å². The number of nitrogens with one attached hydrogen (secondary N) is 1. The van der Waals surface area contributed by atoms with Crippen LogP contribution in [-0.2, 0) is 31.0 Å². The molecule has 2 aromatic rings. The van der Waals surface area contributed by atoms with Gasteiger partial charge in [0.25, 0.3) is 5.91 Å². The second-order valence-electron chi connectivity index (χ2n) is 12.5. The number of sulfonamides is 1. The molecule has 4 aliphatic rings. The Morgan fingerprint density at radius 1 is 1.15 bits per heavy atom. The van der Waals surface area contributed by atoms with Crippen LogP contribution in [0, 0.1) is 0 Å². The molecule has 0 radical (unpaired) electrons. The third kappa shape index (κ3) is 7.02. The van der Waals surface area contributed by atoms with Crippen LogP contribution in [0.5, 0.6) is 5.75 Å². The highest BCUT2D eigenvalue weighted by Gasteiger charge is 2.40. The summed E-state index contributed by atoms with van der Waals surface area (Å²) in [5.41, 5.74) is 2.04. The second-order valence-corrected chi connectivity index (χ2v) is 19.9. The number of hydrogen-bond acceptors (Lipinski definition) is 7. The third-order valence-electron chi connectivity index (χ3n) is 8.18. The van der Waals surface area contributed by atoms with Crippen LogP contribution >= 0.6 is 0 Å². The molecule has 0 spiro atoms. The molecule has 1 aromatic heterocycles. The van der Waals surface area contributed by atoms with Crippen LogP contribution in [0.15, 0.2) is 18.3 Å². The first-order valence-electron chi connectivity index (χ1n) is 14.1. The Morgan fingerprint density at radius 2 is 1.92 bits per heavy atom. The van der Waals surface area contributed by atoms with Crippen molar-refractivity contribution in [2.24, 2.45) is 0 Å². The molecule has 1 N–H and O–H groups in total. The van der Waals surface area contributed by atoms with Gasteiger partial charge in [0.1, 0.15) is 12.5 Å². The van der Waals surface area contributed by atoms with Crippen LogP contribution in [0.1, 0.15) is 43.6 Å². The topological polar surface area (TPSA) is 112 Å². The predicted molar refractivity (Wildman–Crippen MR) is 152 cm³/mol. The average Bonchev–Trinajstić information content (AvgIpc) is 3.45. The smallest absolute Gasteiger partial charge is 0.260 e. The van der Waals surface area contributed by atoms with Gasteiger partial charge in [-0.05, 0) is 55.7 Å². The van der Waals surface area contributed by atoms with Gasteiger partial charge in [0.2, 0.25) is 10.0 Å². The van der Waals surface area contributed by atoms with Crippen molar-refractivity contribution in [2.75, 3.05) is 32.6 Å². The zero-order valence-corrected chi connectivity index (χ0v) is 25.3. The number of fused-ring (bicyclic) bond motifs is 6. The predicted octanol–water partition coefficient (Wildman–Crippen LogP) is 3.30. The van der Waals surface area contributed by atoms with Gasteiger partial charge in [-0.1, -0.05) is 19.6 Å². The molecule has 216 valence electrons. The van der Waals surface area contributed by atoms with Gasteiger partial charge in [-0.15, -0.1) is 0 Å². The first-order chi connectivity index (χ1) is 18.5. The summed E-state index contributed by atoms with van der Waals surface area (Å²) < 4.78 is 47.0. The fourth-order valence-electron chi connectivity index (χ4n) is 5.98. The maximum absolute atomic E-state index is 13.4. The van der Waals surface area contributed by atoms with Crippen molar-refractivity contribution < 1.29 is 27.4 Å². The Labute approximate surface area is 232 Å². The molecular weight excluding hydrogens is 536 g/mol. The van der Waals surface area contributed by atoms with Crippen molar-refractivity contribution in [2.45, 2.75) is 88.6 Å². The molecule has 10 nitrogen and oxygen atoms in total. The summed E-state index contributed by atoms with van der Waals surface area (Å²) in [5, 5.41) is 5.62. The maximum Gasteiger partial charge on any atom is 0.260 e. The van der Waals surface area contributed by atoms with Gasteiger partial charge in [0.05, 0.1) is 36.7 Å². The van der Waals surface area contributed by atoms with E-state index in [0.29, 0.717) is 44.6 Å². The molecule has 4 heterocycles. The first-order valence-corrected chi connectivity index (χ1v) is 19.6. The lowest BCUT2D eigenvalue weighted by molar-refractivity contribution is -0.136. The molecule has 2 atom stereocenters. The highest BCUT2D eigenvalue weighted by Crippen LogP contribution is 2.41. The largest absolute Gasteiger partial charge is 0.483 e. The van der Waals surface area contributed by atoms with Crippen molar-refractivity contribution in [3.63, 3.8) is 0 Å². The molecule has 1 saturated heterocycles. The highest BCUT2D eigenvalue weighted by atomic mass is 32.2. The molecule has 2 fully saturated rings. The van der Waals surface area contributed by atoms with E-state index in [1.807, 2.05) is 16.9 Å². The number of rotatable bonds is 7. The van der Waals surface area contributed by atoms with Crippen LogP contribution in [-0.4, -0.2) is 87.9 Å². The summed E-state index contributed by atoms with van der Waals surface area (Å²) in [4.78, 5) is 15.1. The minimum absolute atomic E-state index is 0.0996. The van der Waals surface area contributed by atoms with Crippen molar-refractivity contribution in [1.29, 1.82) is 0 Å². The molecule has 1 aliphatic carbocycles.